The first-order valence-corrected chi connectivity index (χ1v) is 12.5. The van der Waals surface area contributed by atoms with Gasteiger partial charge in [0.1, 0.15) is 11.0 Å². The molecular weight excluding hydrogens is 424 g/mol. The Hall–Kier alpha value is -3.26. The number of nitrogens with one attached hydrogen (secondary N) is 2. The monoisotopic (exact) mass is 456 g/mol. The highest BCUT2D eigenvalue weighted by atomic mass is 15.3. The molecule has 0 amide bonds. The Morgan fingerprint density at radius 1 is 1.09 bits per heavy atom. The Morgan fingerprint density at radius 3 is 2.71 bits per heavy atom. The Balaban J connectivity index is 1.44. The molecule has 1 aliphatic carbocycles. The number of fused-ring (bicyclic) bond motifs is 2. The molecule has 1 unspecified atom stereocenters. The van der Waals surface area contributed by atoms with Crippen LogP contribution in [0.2, 0.25) is 0 Å². The molecule has 8 nitrogen and oxygen atoms in total. The first-order chi connectivity index (χ1) is 16.7. The lowest BCUT2D eigenvalue weighted by molar-refractivity contribution is 0.492. The number of pyridine rings is 1. The maximum atomic E-state index is 5.11. The second-order valence-electron chi connectivity index (χ2n) is 9.61. The van der Waals surface area contributed by atoms with E-state index in [2.05, 4.69) is 58.3 Å². The van der Waals surface area contributed by atoms with E-state index in [4.69, 9.17) is 20.1 Å². The summed E-state index contributed by atoms with van der Waals surface area (Å²) in [5.74, 6) is 2.24. The van der Waals surface area contributed by atoms with Gasteiger partial charge in [0.2, 0.25) is 5.95 Å². The molecule has 6 rings (SSSR count). The van der Waals surface area contributed by atoms with Gasteiger partial charge in [0.25, 0.3) is 0 Å². The summed E-state index contributed by atoms with van der Waals surface area (Å²) in [6.07, 6.45) is 7.35. The standard InChI is InChI=1S/C26H32N8/c1-3-17(2)34-24-22(16-29-34)30-26(33-12-10-27-11-13-33)32-25(24)31-23(18-8-9-18)20-14-19-6-4-5-7-21(19)28-15-20/h4-7,14-18,23,27H,3,8-13H2,1-2H3,(H,30,31,32)/t17?,23-/m1/s1. The largest absolute Gasteiger partial charge is 0.361 e. The Labute approximate surface area is 199 Å². The average molecular weight is 457 g/mol. The van der Waals surface area contributed by atoms with Gasteiger partial charge in [-0.15, -0.1) is 0 Å². The topological polar surface area (TPSA) is 83.8 Å². The number of anilines is 2. The summed E-state index contributed by atoms with van der Waals surface area (Å²) in [4.78, 5) is 17.1. The van der Waals surface area contributed by atoms with Gasteiger partial charge in [-0.3, -0.25) is 9.67 Å². The lowest BCUT2D eigenvalue weighted by atomic mass is 10.0. The van der Waals surface area contributed by atoms with Crippen molar-refractivity contribution >= 4 is 33.7 Å². The van der Waals surface area contributed by atoms with Gasteiger partial charge in [-0.1, -0.05) is 25.1 Å². The first-order valence-electron chi connectivity index (χ1n) is 12.5. The van der Waals surface area contributed by atoms with Crippen LogP contribution in [0.1, 0.15) is 50.8 Å². The van der Waals surface area contributed by atoms with Crippen LogP contribution in [0.4, 0.5) is 11.8 Å². The number of aromatic nitrogens is 5. The van der Waals surface area contributed by atoms with E-state index in [1.807, 2.05) is 18.5 Å². The summed E-state index contributed by atoms with van der Waals surface area (Å²) in [5, 5.41) is 13.2. The molecule has 4 heterocycles. The maximum absolute atomic E-state index is 5.11. The third-order valence-corrected chi connectivity index (χ3v) is 7.20. The predicted molar refractivity (Wildman–Crippen MR) is 136 cm³/mol. The smallest absolute Gasteiger partial charge is 0.228 e. The van der Waals surface area contributed by atoms with Crippen molar-refractivity contribution in [3.63, 3.8) is 0 Å². The predicted octanol–water partition coefficient (Wildman–Crippen LogP) is 4.32. The van der Waals surface area contributed by atoms with Crippen LogP contribution in [0.3, 0.4) is 0 Å². The Kier molecular flexibility index (Phi) is 5.53. The van der Waals surface area contributed by atoms with E-state index in [1.54, 1.807) is 0 Å². The van der Waals surface area contributed by atoms with Crippen molar-refractivity contribution < 1.29 is 0 Å². The molecule has 4 aromatic rings. The SMILES string of the molecule is CCC(C)n1ncc2nc(N3CCNCC3)nc(N[C@@H](c3cnc4ccccc4c3)C3CC3)c21. The van der Waals surface area contributed by atoms with Crippen LogP contribution in [0.25, 0.3) is 21.9 Å². The van der Waals surface area contributed by atoms with Crippen molar-refractivity contribution in [1.29, 1.82) is 0 Å². The second-order valence-corrected chi connectivity index (χ2v) is 9.61. The number of para-hydroxylation sites is 1. The van der Waals surface area contributed by atoms with Gasteiger partial charge in [-0.05, 0) is 49.8 Å². The van der Waals surface area contributed by atoms with Crippen molar-refractivity contribution in [2.24, 2.45) is 5.92 Å². The minimum Gasteiger partial charge on any atom is -0.361 e. The van der Waals surface area contributed by atoms with E-state index in [-0.39, 0.29) is 12.1 Å². The molecule has 0 radical (unpaired) electrons. The van der Waals surface area contributed by atoms with Gasteiger partial charge in [0, 0.05) is 43.8 Å². The molecule has 2 N–H and O–H groups in total. The highest BCUT2D eigenvalue weighted by molar-refractivity contribution is 5.87. The molecule has 2 atom stereocenters. The molecule has 1 aromatic carbocycles. The summed E-state index contributed by atoms with van der Waals surface area (Å²) >= 11 is 0. The van der Waals surface area contributed by atoms with Gasteiger partial charge in [0.05, 0.1) is 17.8 Å². The molecule has 1 saturated carbocycles. The lowest BCUT2D eigenvalue weighted by Crippen LogP contribution is -2.44. The number of hydrogen-bond donors (Lipinski definition) is 2. The van der Waals surface area contributed by atoms with Crippen LogP contribution in [-0.2, 0) is 0 Å². The lowest BCUT2D eigenvalue weighted by Gasteiger charge is -2.28. The third kappa shape index (κ3) is 3.96. The number of piperazine rings is 1. The molecule has 3 aromatic heterocycles. The van der Waals surface area contributed by atoms with E-state index >= 15 is 0 Å². The Bertz CT molecular complexity index is 1300. The van der Waals surface area contributed by atoms with Crippen molar-refractivity contribution in [1.82, 2.24) is 30.0 Å². The average Bonchev–Trinajstić information content (AvgIpc) is 3.64. The van der Waals surface area contributed by atoms with E-state index < -0.39 is 0 Å². The van der Waals surface area contributed by atoms with Gasteiger partial charge in [-0.25, -0.2) is 4.98 Å². The zero-order valence-electron chi connectivity index (χ0n) is 19.9. The van der Waals surface area contributed by atoms with Crippen LogP contribution in [0.15, 0.2) is 42.7 Å². The van der Waals surface area contributed by atoms with Crippen molar-refractivity contribution in [2.45, 2.75) is 45.2 Å². The highest BCUT2D eigenvalue weighted by Crippen LogP contribution is 2.44. The maximum Gasteiger partial charge on any atom is 0.228 e. The van der Waals surface area contributed by atoms with Crippen molar-refractivity contribution in [3.8, 4) is 0 Å². The molecule has 8 heteroatoms. The summed E-state index contributed by atoms with van der Waals surface area (Å²) in [5.41, 5.74) is 4.14. The van der Waals surface area contributed by atoms with Crippen molar-refractivity contribution in [2.75, 3.05) is 36.4 Å². The molecule has 2 fully saturated rings. The van der Waals surface area contributed by atoms with E-state index in [0.29, 0.717) is 5.92 Å². The van der Waals surface area contributed by atoms with Gasteiger partial charge in [0.15, 0.2) is 5.82 Å². The summed E-state index contributed by atoms with van der Waals surface area (Å²) in [7, 11) is 0. The van der Waals surface area contributed by atoms with Crippen LogP contribution in [0.5, 0.6) is 0 Å². The molecule has 0 spiro atoms. The Morgan fingerprint density at radius 2 is 1.91 bits per heavy atom. The number of hydrogen-bond acceptors (Lipinski definition) is 7. The third-order valence-electron chi connectivity index (χ3n) is 7.20. The summed E-state index contributed by atoms with van der Waals surface area (Å²) in [6, 6.07) is 11.0. The summed E-state index contributed by atoms with van der Waals surface area (Å²) in [6.45, 7) is 8.10. The van der Waals surface area contributed by atoms with Crippen molar-refractivity contribution in [3.05, 3.63) is 48.3 Å². The van der Waals surface area contributed by atoms with E-state index in [9.17, 15) is 0 Å². The van der Waals surface area contributed by atoms with Gasteiger partial charge in [-0.2, -0.15) is 10.1 Å². The summed E-state index contributed by atoms with van der Waals surface area (Å²) < 4.78 is 2.09. The zero-order valence-corrected chi connectivity index (χ0v) is 19.9. The van der Waals surface area contributed by atoms with E-state index in [0.717, 1.165) is 60.9 Å². The normalized spacial score (nSPS) is 18.4. The number of benzene rings is 1. The van der Waals surface area contributed by atoms with Crippen LogP contribution in [0, 0.1) is 5.92 Å². The first kappa shape index (κ1) is 21.3. The fourth-order valence-electron chi connectivity index (χ4n) is 4.87. The molecule has 176 valence electrons. The minimum atomic E-state index is 0.159. The zero-order chi connectivity index (χ0) is 23.1. The molecule has 1 saturated heterocycles. The fraction of sp³-hybridized carbons (Fsp3) is 0.462. The highest BCUT2D eigenvalue weighted by Gasteiger charge is 2.34. The molecule has 1 aliphatic heterocycles. The van der Waals surface area contributed by atoms with Gasteiger partial charge < -0.3 is 15.5 Å². The van der Waals surface area contributed by atoms with Crippen LogP contribution in [-0.4, -0.2) is 50.9 Å². The van der Waals surface area contributed by atoms with E-state index in [1.165, 1.54) is 23.8 Å². The molecule has 34 heavy (non-hydrogen) atoms. The molecular formula is C26H32N8. The molecule has 2 aliphatic rings. The fourth-order valence-corrected chi connectivity index (χ4v) is 4.87. The van der Waals surface area contributed by atoms with Crippen LogP contribution >= 0.6 is 0 Å². The quantitative estimate of drug-likeness (QED) is 0.428. The molecule has 0 bridgehead atoms. The number of rotatable bonds is 7. The second kappa shape index (κ2) is 8.83. The number of nitrogens with zero attached hydrogens (tertiary/aromatic N) is 6. The minimum absolute atomic E-state index is 0.159. The van der Waals surface area contributed by atoms with Crippen LogP contribution < -0.4 is 15.5 Å². The van der Waals surface area contributed by atoms with Gasteiger partial charge >= 0.3 is 0 Å².